The Morgan fingerprint density at radius 1 is 1.33 bits per heavy atom. The first-order valence-electron chi connectivity index (χ1n) is 6.49. The van der Waals surface area contributed by atoms with E-state index in [0.29, 0.717) is 29.4 Å². The van der Waals surface area contributed by atoms with Crippen molar-refractivity contribution in [1.82, 2.24) is 0 Å². The average molecular weight is 251 g/mol. The Labute approximate surface area is 110 Å². The van der Waals surface area contributed by atoms with Crippen LogP contribution in [0.25, 0.3) is 0 Å². The monoisotopic (exact) mass is 251 g/mol. The van der Waals surface area contributed by atoms with Crippen LogP contribution in [-0.4, -0.2) is 11.7 Å². The maximum atomic E-state index is 9.46. The van der Waals surface area contributed by atoms with Crippen molar-refractivity contribution in [2.75, 3.05) is 12.3 Å². The highest BCUT2D eigenvalue weighted by atomic mass is 16.5. The van der Waals surface area contributed by atoms with Crippen LogP contribution in [0.3, 0.4) is 0 Å². The summed E-state index contributed by atoms with van der Waals surface area (Å²) < 4.78 is 5.61. The molecule has 0 fully saturated rings. The van der Waals surface area contributed by atoms with Gasteiger partial charge < -0.3 is 15.6 Å². The van der Waals surface area contributed by atoms with Gasteiger partial charge in [0.05, 0.1) is 12.3 Å². The van der Waals surface area contributed by atoms with Crippen LogP contribution in [0.2, 0.25) is 0 Å². The van der Waals surface area contributed by atoms with Gasteiger partial charge in [0.25, 0.3) is 0 Å². The summed E-state index contributed by atoms with van der Waals surface area (Å²) in [6.45, 7) is 9.67. The molecule has 0 saturated carbocycles. The molecule has 0 heterocycles. The maximum absolute atomic E-state index is 9.46. The van der Waals surface area contributed by atoms with Gasteiger partial charge in [-0.25, -0.2) is 0 Å². The molecule has 1 atom stereocenters. The molecule has 0 spiro atoms. The molecule has 102 valence electrons. The quantitative estimate of drug-likeness (QED) is 0.618. The number of nitrogens with two attached hydrogens (primary N) is 1. The van der Waals surface area contributed by atoms with Crippen LogP contribution in [-0.2, 0) is 0 Å². The zero-order valence-electron chi connectivity index (χ0n) is 11.9. The third-order valence-corrected chi connectivity index (χ3v) is 2.84. The number of phenolic OH excluding ortho intramolecular Hbond substituents is 1. The molecule has 1 aromatic carbocycles. The van der Waals surface area contributed by atoms with Gasteiger partial charge in [-0.1, -0.05) is 27.7 Å². The highest BCUT2D eigenvalue weighted by Crippen LogP contribution is 2.27. The topological polar surface area (TPSA) is 55.5 Å². The summed E-state index contributed by atoms with van der Waals surface area (Å²) in [7, 11) is 0. The fraction of sp³-hybridized carbons (Fsp3) is 0.600. The first kappa shape index (κ1) is 14.7. The highest BCUT2D eigenvalue weighted by Gasteiger charge is 2.15. The van der Waals surface area contributed by atoms with Gasteiger partial charge in [0.1, 0.15) is 11.5 Å². The molecule has 0 saturated heterocycles. The van der Waals surface area contributed by atoms with Crippen molar-refractivity contribution in [3.05, 3.63) is 18.2 Å². The maximum Gasteiger partial charge on any atom is 0.142 e. The molecule has 0 aliphatic rings. The Kier molecular flexibility index (Phi) is 4.88. The second-order valence-electron chi connectivity index (χ2n) is 6.23. The Morgan fingerprint density at radius 2 is 2.00 bits per heavy atom. The first-order valence-corrected chi connectivity index (χ1v) is 6.49. The summed E-state index contributed by atoms with van der Waals surface area (Å²) >= 11 is 0. The standard InChI is InChI=1S/C15H25NO2/c1-11(10-15(2,3)4)7-8-18-12-5-6-13(16)14(17)9-12/h5-6,9,11,17H,7-8,10,16H2,1-4H3. The Hall–Kier alpha value is -1.38. The molecule has 3 heteroatoms. The van der Waals surface area contributed by atoms with Crippen molar-refractivity contribution < 1.29 is 9.84 Å². The molecule has 0 aromatic heterocycles. The van der Waals surface area contributed by atoms with E-state index in [1.54, 1.807) is 18.2 Å². The number of benzene rings is 1. The normalized spacial score (nSPS) is 13.3. The lowest BCUT2D eigenvalue weighted by Gasteiger charge is -2.23. The molecule has 3 N–H and O–H groups in total. The molecule has 0 amide bonds. The Morgan fingerprint density at radius 3 is 2.56 bits per heavy atom. The van der Waals surface area contributed by atoms with Crippen molar-refractivity contribution in [1.29, 1.82) is 0 Å². The van der Waals surface area contributed by atoms with E-state index in [2.05, 4.69) is 27.7 Å². The second kappa shape index (κ2) is 5.98. The van der Waals surface area contributed by atoms with Crippen molar-refractivity contribution in [2.45, 2.75) is 40.5 Å². The van der Waals surface area contributed by atoms with Gasteiger partial charge in [0.15, 0.2) is 0 Å². The van der Waals surface area contributed by atoms with Crippen molar-refractivity contribution in [3.63, 3.8) is 0 Å². The third kappa shape index (κ3) is 5.30. The minimum Gasteiger partial charge on any atom is -0.506 e. The summed E-state index contributed by atoms with van der Waals surface area (Å²) in [5, 5.41) is 9.46. The van der Waals surface area contributed by atoms with Crippen LogP contribution in [0.15, 0.2) is 18.2 Å². The summed E-state index contributed by atoms with van der Waals surface area (Å²) in [6.07, 6.45) is 2.20. The predicted molar refractivity (Wildman–Crippen MR) is 75.9 cm³/mol. The molecule has 0 aliphatic heterocycles. The summed E-state index contributed by atoms with van der Waals surface area (Å²) in [5.74, 6) is 1.38. The lowest BCUT2D eigenvalue weighted by atomic mass is 9.84. The molecule has 18 heavy (non-hydrogen) atoms. The van der Waals surface area contributed by atoms with E-state index in [1.807, 2.05) is 0 Å². The fourth-order valence-corrected chi connectivity index (χ4v) is 2.14. The number of hydrogen-bond acceptors (Lipinski definition) is 3. The fourth-order valence-electron chi connectivity index (χ4n) is 2.14. The molecule has 0 radical (unpaired) electrons. The minimum atomic E-state index is 0.0789. The van der Waals surface area contributed by atoms with E-state index in [0.717, 1.165) is 6.42 Å². The molecular weight excluding hydrogens is 226 g/mol. The predicted octanol–water partition coefficient (Wildman–Crippen LogP) is 3.82. The number of ether oxygens (including phenoxy) is 1. The zero-order valence-corrected chi connectivity index (χ0v) is 11.9. The van der Waals surface area contributed by atoms with Crippen molar-refractivity contribution >= 4 is 5.69 Å². The van der Waals surface area contributed by atoms with Gasteiger partial charge in [-0.2, -0.15) is 0 Å². The smallest absolute Gasteiger partial charge is 0.142 e. The number of anilines is 1. The minimum absolute atomic E-state index is 0.0789. The molecule has 0 bridgehead atoms. The molecular formula is C15H25NO2. The van der Waals surface area contributed by atoms with Crippen LogP contribution in [0.1, 0.15) is 40.5 Å². The zero-order chi connectivity index (χ0) is 13.8. The largest absolute Gasteiger partial charge is 0.506 e. The van der Waals surface area contributed by atoms with Gasteiger partial charge in [-0.15, -0.1) is 0 Å². The summed E-state index contributed by atoms with van der Waals surface area (Å²) in [4.78, 5) is 0. The molecule has 0 aliphatic carbocycles. The van der Waals surface area contributed by atoms with E-state index >= 15 is 0 Å². The number of rotatable bonds is 5. The van der Waals surface area contributed by atoms with Crippen LogP contribution in [0, 0.1) is 11.3 Å². The molecule has 1 aromatic rings. The van der Waals surface area contributed by atoms with Crippen LogP contribution >= 0.6 is 0 Å². The van der Waals surface area contributed by atoms with Crippen molar-refractivity contribution in [3.8, 4) is 11.5 Å². The lowest BCUT2D eigenvalue weighted by Crippen LogP contribution is -2.13. The number of hydrogen-bond donors (Lipinski definition) is 2. The summed E-state index contributed by atoms with van der Waals surface area (Å²) in [6, 6.07) is 5.00. The van der Waals surface area contributed by atoms with Crippen molar-refractivity contribution in [2.24, 2.45) is 11.3 Å². The van der Waals surface area contributed by atoms with Crippen LogP contribution < -0.4 is 10.5 Å². The van der Waals surface area contributed by atoms with Gasteiger partial charge >= 0.3 is 0 Å². The van der Waals surface area contributed by atoms with Gasteiger partial charge in [0, 0.05) is 6.07 Å². The highest BCUT2D eigenvalue weighted by molar-refractivity contribution is 5.54. The number of phenols is 1. The van der Waals surface area contributed by atoms with E-state index in [1.165, 1.54) is 6.42 Å². The summed E-state index contributed by atoms with van der Waals surface area (Å²) in [5.41, 5.74) is 6.27. The average Bonchev–Trinajstić information content (AvgIpc) is 2.20. The molecule has 1 unspecified atom stereocenters. The van der Waals surface area contributed by atoms with E-state index in [9.17, 15) is 5.11 Å². The van der Waals surface area contributed by atoms with Crippen LogP contribution in [0.4, 0.5) is 5.69 Å². The molecule has 1 rings (SSSR count). The van der Waals surface area contributed by atoms with E-state index in [4.69, 9.17) is 10.5 Å². The number of nitrogen functional groups attached to an aromatic ring is 1. The van der Waals surface area contributed by atoms with E-state index in [-0.39, 0.29) is 5.75 Å². The second-order valence-corrected chi connectivity index (χ2v) is 6.23. The van der Waals surface area contributed by atoms with Crippen LogP contribution in [0.5, 0.6) is 11.5 Å². The number of aromatic hydroxyl groups is 1. The Balaban J connectivity index is 2.35. The SMILES string of the molecule is CC(CCOc1ccc(N)c(O)c1)CC(C)(C)C. The van der Waals surface area contributed by atoms with Gasteiger partial charge in [0.2, 0.25) is 0 Å². The van der Waals surface area contributed by atoms with Gasteiger partial charge in [-0.3, -0.25) is 0 Å². The van der Waals surface area contributed by atoms with Gasteiger partial charge in [-0.05, 0) is 36.3 Å². The first-order chi connectivity index (χ1) is 8.28. The lowest BCUT2D eigenvalue weighted by molar-refractivity contribution is 0.240. The Bertz CT molecular complexity index is 383. The van der Waals surface area contributed by atoms with E-state index < -0.39 is 0 Å². The molecule has 3 nitrogen and oxygen atoms in total. The third-order valence-electron chi connectivity index (χ3n) is 2.84.